The summed E-state index contributed by atoms with van der Waals surface area (Å²) in [6.07, 6.45) is 1.19. The van der Waals surface area contributed by atoms with Crippen LogP contribution in [0.5, 0.6) is 11.5 Å². The molecule has 0 spiro atoms. The zero-order valence-electron chi connectivity index (χ0n) is 12.3. The van der Waals surface area contributed by atoms with Crippen LogP contribution in [0.25, 0.3) is 0 Å². The zero-order valence-corrected chi connectivity index (χ0v) is 12.3. The van der Waals surface area contributed by atoms with E-state index in [1.165, 1.54) is 5.56 Å². The summed E-state index contributed by atoms with van der Waals surface area (Å²) in [6, 6.07) is 17.6. The number of likely N-dealkylation sites (N-methyl/N-ethyl adjacent to an activating group) is 1. The third-order valence-electron chi connectivity index (χ3n) is 4.10. The summed E-state index contributed by atoms with van der Waals surface area (Å²) in [5.74, 6) is 1.47. The van der Waals surface area contributed by atoms with Gasteiger partial charge in [-0.3, -0.25) is 0 Å². The van der Waals surface area contributed by atoms with Crippen LogP contribution in [0.4, 0.5) is 0 Å². The van der Waals surface area contributed by atoms with Gasteiger partial charge in [0.2, 0.25) is 0 Å². The Morgan fingerprint density at radius 1 is 1.05 bits per heavy atom. The first kappa shape index (κ1) is 14.0. The van der Waals surface area contributed by atoms with Crippen LogP contribution in [-0.4, -0.2) is 36.2 Å². The number of aromatic hydroxyl groups is 1. The van der Waals surface area contributed by atoms with Gasteiger partial charge in [-0.15, -0.1) is 0 Å². The van der Waals surface area contributed by atoms with Gasteiger partial charge in [0.25, 0.3) is 0 Å². The number of hydrogen-bond donors (Lipinski definition) is 1. The van der Waals surface area contributed by atoms with Crippen LogP contribution in [0.15, 0.2) is 54.6 Å². The molecular formula is C18H21NO2. The Balaban J connectivity index is 1.79. The lowest BCUT2D eigenvalue weighted by Crippen LogP contribution is -2.42. The van der Waals surface area contributed by atoms with Gasteiger partial charge in [0.05, 0.1) is 0 Å². The molecule has 3 rings (SSSR count). The molecule has 1 heterocycles. The quantitative estimate of drug-likeness (QED) is 0.938. The van der Waals surface area contributed by atoms with Crippen molar-refractivity contribution in [1.82, 2.24) is 4.90 Å². The number of nitrogens with zero attached hydrogens (tertiary/aromatic N) is 1. The van der Waals surface area contributed by atoms with Crippen molar-refractivity contribution < 1.29 is 9.84 Å². The SMILES string of the molecule is CN1CC[C@@H](Oc2ccc(O)cc2)[C@@H](c2ccccc2)C1. The molecule has 21 heavy (non-hydrogen) atoms. The molecule has 0 saturated carbocycles. The van der Waals surface area contributed by atoms with Crippen molar-refractivity contribution in [3.05, 3.63) is 60.2 Å². The second-order valence-corrected chi connectivity index (χ2v) is 5.72. The highest BCUT2D eigenvalue weighted by Crippen LogP contribution is 2.30. The average Bonchev–Trinajstić information content (AvgIpc) is 2.52. The molecule has 1 fully saturated rings. The Hall–Kier alpha value is -2.00. The molecule has 110 valence electrons. The molecule has 1 aliphatic heterocycles. The molecule has 3 heteroatoms. The number of ether oxygens (including phenoxy) is 1. The van der Waals surface area contributed by atoms with E-state index in [0.717, 1.165) is 25.3 Å². The van der Waals surface area contributed by atoms with E-state index in [1.54, 1.807) is 12.1 Å². The van der Waals surface area contributed by atoms with Crippen molar-refractivity contribution in [3.63, 3.8) is 0 Å². The Labute approximate surface area is 125 Å². The summed E-state index contributed by atoms with van der Waals surface area (Å²) >= 11 is 0. The van der Waals surface area contributed by atoms with Crippen molar-refractivity contribution in [2.24, 2.45) is 0 Å². The fourth-order valence-electron chi connectivity index (χ4n) is 2.95. The molecule has 0 bridgehead atoms. The first-order valence-corrected chi connectivity index (χ1v) is 7.41. The second kappa shape index (κ2) is 6.19. The van der Waals surface area contributed by atoms with Gasteiger partial charge in [0.1, 0.15) is 17.6 Å². The highest BCUT2D eigenvalue weighted by atomic mass is 16.5. The Morgan fingerprint density at radius 3 is 2.48 bits per heavy atom. The van der Waals surface area contributed by atoms with Crippen LogP contribution in [0.1, 0.15) is 17.9 Å². The number of likely N-dealkylation sites (tertiary alicyclic amines) is 1. The molecule has 1 aliphatic rings. The number of hydrogen-bond acceptors (Lipinski definition) is 3. The van der Waals surface area contributed by atoms with Crippen LogP contribution in [0, 0.1) is 0 Å². The summed E-state index contributed by atoms with van der Waals surface area (Å²) in [5, 5.41) is 9.37. The van der Waals surface area contributed by atoms with Gasteiger partial charge in [0, 0.05) is 19.0 Å². The number of phenols is 1. The van der Waals surface area contributed by atoms with E-state index in [9.17, 15) is 5.11 Å². The lowest BCUT2D eigenvalue weighted by Gasteiger charge is -2.37. The molecule has 0 amide bonds. The Morgan fingerprint density at radius 2 is 1.76 bits per heavy atom. The fourth-order valence-corrected chi connectivity index (χ4v) is 2.95. The van der Waals surface area contributed by atoms with E-state index >= 15 is 0 Å². The monoisotopic (exact) mass is 283 g/mol. The van der Waals surface area contributed by atoms with E-state index in [4.69, 9.17) is 4.74 Å². The predicted molar refractivity (Wildman–Crippen MR) is 83.8 cm³/mol. The lowest BCUT2D eigenvalue weighted by molar-refractivity contribution is 0.0901. The zero-order chi connectivity index (χ0) is 14.7. The van der Waals surface area contributed by atoms with Gasteiger partial charge in [-0.1, -0.05) is 30.3 Å². The van der Waals surface area contributed by atoms with Crippen molar-refractivity contribution in [3.8, 4) is 11.5 Å². The Kier molecular flexibility index (Phi) is 4.11. The van der Waals surface area contributed by atoms with Gasteiger partial charge in [-0.2, -0.15) is 0 Å². The molecule has 2 aromatic carbocycles. The Bertz CT molecular complexity index is 568. The second-order valence-electron chi connectivity index (χ2n) is 5.72. The molecule has 0 aromatic heterocycles. The highest BCUT2D eigenvalue weighted by molar-refractivity contribution is 5.31. The van der Waals surface area contributed by atoms with Crippen molar-refractivity contribution in [1.29, 1.82) is 0 Å². The normalized spacial score (nSPS) is 22.9. The van der Waals surface area contributed by atoms with Crippen LogP contribution < -0.4 is 4.74 Å². The maximum Gasteiger partial charge on any atom is 0.120 e. The maximum atomic E-state index is 9.37. The van der Waals surface area contributed by atoms with Gasteiger partial charge in [-0.05, 0) is 43.3 Å². The van der Waals surface area contributed by atoms with Crippen molar-refractivity contribution in [2.75, 3.05) is 20.1 Å². The first-order valence-electron chi connectivity index (χ1n) is 7.41. The van der Waals surface area contributed by atoms with Crippen molar-refractivity contribution >= 4 is 0 Å². The van der Waals surface area contributed by atoms with Crippen LogP contribution >= 0.6 is 0 Å². The van der Waals surface area contributed by atoms with Crippen LogP contribution in [0.3, 0.4) is 0 Å². The fraction of sp³-hybridized carbons (Fsp3) is 0.333. The largest absolute Gasteiger partial charge is 0.508 e. The van der Waals surface area contributed by atoms with Crippen LogP contribution in [-0.2, 0) is 0 Å². The van der Waals surface area contributed by atoms with Gasteiger partial charge >= 0.3 is 0 Å². The summed E-state index contributed by atoms with van der Waals surface area (Å²) < 4.78 is 6.19. The van der Waals surface area contributed by atoms with Gasteiger partial charge < -0.3 is 14.7 Å². The molecule has 0 radical (unpaired) electrons. The third-order valence-corrected chi connectivity index (χ3v) is 4.10. The van der Waals surface area contributed by atoms with E-state index in [2.05, 4.69) is 36.2 Å². The van der Waals surface area contributed by atoms with Crippen molar-refractivity contribution in [2.45, 2.75) is 18.4 Å². The standard InChI is InChI=1S/C18H21NO2/c1-19-12-11-18(21-16-9-7-15(20)8-10-16)17(13-19)14-5-3-2-4-6-14/h2-10,17-18,20H,11-13H2,1H3/t17-,18-/m1/s1. The number of benzene rings is 2. The third kappa shape index (κ3) is 3.37. The minimum atomic E-state index is 0.174. The van der Waals surface area contributed by atoms with Gasteiger partial charge in [0.15, 0.2) is 0 Å². The van der Waals surface area contributed by atoms with Gasteiger partial charge in [-0.25, -0.2) is 0 Å². The number of phenolic OH excluding ortho intramolecular Hbond substituents is 1. The van der Waals surface area contributed by atoms with E-state index in [1.807, 2.05) is 18.2 Å². The van der Waals surface area contributed by atoms with E-state index in [-0.39, 0.29) is 11.9 Å². The molecule has 2 aromatic rings. The number of piperidine rings is 1. The molecule has 1 saturated heterocycles. The molecule has 0 unspecified atom stereocenters. The average molecular weight is 283 g/mol. The summed E-state index contributed by atoms with van der Waals surface area (Å²) in [4.78, 5) is 2.36. The molecule has 0 aliphatic carbocycles. The summed E-state index contributed by atoms with van der Waals surface area (Å²) in [6.45, 7) is 2.05. The summed E-state index contributed by atoms with van der Waals surface area (Å²) in [7, 11) is 2.16. The molecule has 1 N–H and O–H groups in total. The van der Waals surface area contributed by atoms with E-state index in [0.29, 0.717) is 5.92 Å². The smallest absolute Gasteiger partial charge is 0.120 e. The van der Waals surface area contributed by atoms with E-state index < -0.39 is 0 Å². The van der Waals surface area contributed by atoms with Crippen LogP contribution in [0.2, 0.25) is 0 Å². The minimum Gasteiger partial charge on any atom is -0.508 e. The molecular weight excluding hydrogens is 262 g/mol. The number of rotatable bonds is 3. The highest BCUT2D eigenvalue weighted by Gasteiger charge is 2.30. The topological polar surface area (TPSA) is 32.7 Å². The first-order chi connectivity index (χ1) is 10.2. The molecule has 3 nitrogen and oxygen atoms in total. The molecule has 2 atom stereocenters. The minimum absolute atomic E-state index is 0.174. The maximum absolute atomic E-state index is 9.37. The predicted octanol–water partition coefficient (Wildman–Crippen LogP) is 3.26. The summed E-state index contributed by atoms with van der Waals surface area (Å²) in [5.41, 5.74) is 1.33. The lowest BCUT2D eigenvalue weighted by atomic mass is 9.88.